The molecule has 1 aromatic rings. The van der Waals surface area contributed by atoms with Crippen molar-refractivity contribution in [1.82, 2.24) is 4.98 Å². The zero-order valence-corrected chi connectivity index (χ0v) is 9.39. The number of nitrogens with zero attached hydrogens (tertiary/aromatic N) is 1. The van der Waals surface area contributed by atoms with E-state index in [1.807, 2.05) is 30.5 Å². The van der Waals surface area contributed by atoms with Crippen LogP contribution in [0.1, 0.15) is 5.69 Å². The van der Waals surface area contributed by atoms with Gasteiger partial charge in [-0.05, 0) is 12.1 Å². The fraction of sp³-hybridized carbons (Fsp3) is 0.182. The average molecular weight is 241 g/mol. The van der Waals surface area contributed by atoms with Gasteiger partial charge >= 0.3 is 0 Å². The number of halogens is 1. The van der Waals surface area contributed by atoms with E-state index in [4.69, 9.17) is 16.3 Å². The number of pyridine rings is 1. The van der Waals surface area contributed by atoms with Crippen LogP contribution in [0, 0.1) is 0 Å². The van der Waals surface area contributed by atoms with Gasteiger partial charge in [0.1, 0.15) is 18.9 Å². The molecule has 86 valence electrons. The molecule has 0 bridgehead atoms. The van der Waals surface area contributed by atoms with Crippen molar-refractivity contribution < 1.29 is 15.5 Å². The monoisotopic (exact) mass is 240 g/mol. The topological polar surface area (TPSA) is 68.7 Å². The fourth-order valence-corrected chi connectivity index (χ4v) is 1.36. The predicted octanol–water partition coefficient (Wildman–Crippen LogP) is 1.05. The van der Waals surface area contributed by atoms with Gasteiger partial charge in [-0.3, -0.25) is 4.98 Å². The van der Waals surface area contributed by atoms with Gasteiger partial charge in [0.2, 0.25) is 0 Å². The predicted molar refractivity (Wildman–Crippen MR) is 60.0 cm³/mol. The van der Waals surface area contributed by atoms with Crippen LogP contribution in [-0.2, 0) is 11.3 Å². The van der Waals surface area contributed by atoms with Crippen molar-refractivity contribution in [2.24, 2.45) is 0 Å². The quantitative estimate of drug-likeness (QED) is 0.859. The number of hydrogen-bond acceptors (Lipinski definition) is 3. The van der Waals surface area contributed by atoms with E-state index in [0.717, 1.165) is 18.0 Å². The molecule has 0 spiro atoms. The van der Waals surface area contributed by atoms with Crippen LogP contribution in [0.4, 0.5) is 0 Å². The van der Waals surface area contributed by atoms with E-state index in [9.17, 15) is 0 Å². The van der Waals surface area contributed by atoms with E-state index in [-0.39, 0.29) is 5.48 Å². The van der Waals surface area contributed by atoms with Crippen LogP contribution in [-0.4, -0.2) is 17.0 Å². The Labute approximate surface area is 98.9 Å². The Hall–Kier alpha value is -1.36. The van der Waals surface area contributed by atoms with Crippen molar-refractivity contribution in [2.45, 2.75) is 6.61 Å². The second-order valence-electron chi connectivity index (χ2n) is 3.19. The second-order valence-corrected chi connectivity index (χ2v) is 3.63. The second kappa shape index (κ2) is 6.27. The largest absolute Gasteiger partial charge is 0.870 e. The first-order valence-electron chi connectivity index (χ1n) is 4.78. The fourth-order valence-electron chi connectivity index (χ4n) is 1.25. The number of hydrogen-bond donors (Lipinski definition) is 1. The van der Waals surface area contributed by atoms with Gasteiger partial charge < -0.3 is 15.5 Å². The van der Waals surface area contributed by atoms with Gasteiger partial charge in [-0.25, -0.2) is 0 Å². The smallest absolute Gasteiger partial charge is 0.130 e. The molecule has 1 aromatic heterocycles. The van der Waals surface area contributed by atoms with Gasteiger partial charge in [-0.2, -0.15) is 0 Å². The van der Waals surface area contributed by atoms with Gasteiger partial charge in [-0.15, -0.1) is 0 Å². The number of quaternary nitrogens is 1. The third kappa shape index (κ3) is 3.66. The third-order valence-corrected chi connectivity index (χ3v) is 2.25. The molecular weight excluding hydrogens is 228 g/mol. The molecule has 16 heavy (non-hydrogen) atoms. The highest BCUT2D eigenvalue weighted by Crippen LogP contribution is 2.09. The van der Waals surface area contributed by atoms with Gasteiger partial charge in [0.15, 0.2) is 0 Å². The summed E-state index contributed by atoms with van der Waals surface area (Å²) in [5.41, 5.74) is 0.878. The SMILES string of the molecule is Clc1ccc(COC2=CC[NH2+]C=C2)nc1.[OH-]. The molecule has 0 saturated carbocycles. The number of aromatic nitrogens is 1. The molecule has 0 radical (unpaired) electrons. The first-order chi connectivity index (χ1) is 7.34. The van der Waals surface area contributed by atoms with Crippen LogP contribution in [0.3, 0.4) is 0 Å². The lowest BCUT2D eigenvalue weighted by Gasteiger charge is -2.08. The Morgan fingerprint density at radius 3 is 2.94 bits per heavy atom. The summed E-state index contributed by atoms with van der Waals surface area (Å²) in [6, 6.07) is 3.67. The molecule has 4 nitrogen and oxygen atoms in total. The maximum atomic E-state index is 5.73. The summed E-state index contributed by atoms with van der Waals surface area (Å²) >= 11 is 5.73. The molecule has 0 amide bonds. The number of nitrogens with two attached hydrogens (primary N) is 1. The Morgan fingerprint density at radius 1 is 1.44 bits per heavy atom. The molecule has 3 N–H and O–H groups in total. The van der Waals surface area contributed by atoms with Crippen LogP contribution in [0.2, 0.25) is 5.02 Å². The summed E-state index contributed by atoms with van der Waals surface area (Å²) in [6.45, 7) is 1.41. The molecule has 0 atom stereocenters. The highest BCUT2D eigenvalue weighted by molar-refractivity contribution is 6.30. The Balaban J connectivity index is 0.00000128. The maximum Gasteiger partial charge on any atom is 0.130 e. The molecule has 0 fully saturated rings. The molecule has 2 rings (SSSR count). The van der Waals surface area contributed by atoms with E-state index in [0.29, 0.717) is 11.6 Å². The average Bonchev–Trinajstić information content (AvgIpc) is 2.30. The highest BCUT2D eigenvalue weighted by Gasteiger charge is 2.01. The first kappa shape index (κ1) is 12.7. The lowest BCUT2D eigenvalue weighted by molar-refractivity contribution is -0.579. The van der Waals surface area contributed by atoms with Crippen LogP contribution in [0.15, 0.2) is 42.4 Å². The number of allylic oxidation sites excluding steroid dienone is 1. The van der Waals surface area contributed by atoms with Crippen LogP contribution in [0.5, 0.6) is 0 Å². The highest BCUT2D eigenvalue weighted by atomic mass is 35.5. The maximum absolute atomic E-state index is 5.73. The van der Waals surface area contributed by atoms with E-state index in [1.54, 1.807) is 6.20 Å². The van der Waals surface area contributed by atoms with Gasteiger partial charge in [-0.1, -0.05) is 11.6 Å². The summed E-state index contributed by atoms with van der Waals surface area (Å²) in [6.07, 6.45) is 7.60. The summed E-state index contributed by atoms with van der Waals surface area (Å²) in [5.74, 6) is 0.897. The van der Waals surface area contributed by atoms with E-state index >= 15 is 0 Å². The summed E-state index contributed by atoms with van der Waals surface area (Å²) in [5, 5.41) is 2.72. The number of rotatable bonds is 3. The number of ether oxygens (including phenoxy) is 1. The molecule has 0 aromatic carbocycles. The minimum absolute atomic E-state index is 0. The molecule has 5 heteroatoms. The van der Waals surface area contributed by atoms with Crippen LogP contribution in [0.25, 0.3) is 0 Å². The van der Waals surface area contributed by atoms with Crippen LogP contribution >= 0.6 is 11.6 Å². The Kier molecular flexibility index (Phi) is 4.98. The van der Waals surface area contributed by atoms with E-state index in [2.05, 4.69) is 10.3 Å². The lowest BCUT2D eigenvalue weighted by Crippen LogP contribution is -2.78. The molecule has 1 aliphatic rings. The Morgan fingerprint density at radius 2 is 2.31 bits per heavy atom. The van der Waals surface area contributed by atoms with Crippen molar-refractivity contribution in [3.05, 3.63) is 53.2 Å². The summed E-state index contributed by atoms with van der Waals surface area (Å²) in [4.78, 5) is 4.15. The van der Waals surface area contributed by atoms with Crippen molar-refractivity contribution >= 4 is 11.6 Å². The first-order valence-corrected chi connectivity index (χ1v) is 5.15. The minimum Gasteiger partial charge on any atom is -0.870 e. The zero-order valence-electron chi connectivity index (χ0n) is 8.64. The van der Waals surface area contributed by atoms with Gasteiger partial charge in [0.05, 0.1) is 16.9 Å². The minimum atomic E-state index is 0. The molecular formula is C11H13ClN2O2. The molecule has 2 heterocycles. The summed E-state index contributed by atoms with van der Waals surface area (Å²) < 4.78 is 5.56. The normalized spacial score (nSPS) is 13.9. The Bertz CT molecular complexity index is 387. The van der Waals surface area contributed by atoms with Crippen molar-refractivity contribution in [2.75, 3.05) is 6.54 Å². The van der Waals surface area contributed by atoms with E-state index < -0.39 is 0 Å². The van der Waals surface area contributed by atoms with Crippen molar-refractivity contribution in [3.8, 4) is 0 Å². The van der Waals surface area contributed by atoms with Gasteiger partial charge in [0, 0.05) is 18.3 Å². The molecule has 0 aliphatic carbocycles. The van der Waals surface area contributed by atoms with Crippen LogP contribution < -0.4 is 5.32 Å². The molecule has 1 aliphatic heterocycles. The third-order valence-electron chi connectivity index (χ3n) is 2.03. The van der Waals surface area contributed by atoms with E-state index in [1.165, 1.54) is 0 Å². The zero-order chi connectivity index (χ0) is 10.5. The molecule has 0 saturated heterocycles. The standard InChI is InChI=1S/C11H11ClN2O.H2O/c12-9-1-2-10(14-7-9)8-15-11-3-5-13-6-4-11;/h1-5,7,13H,6,8H2;1H2. The lowest BCUT2D eigenvalue weighted by atomic mass is 10.3. The van der Waals surface area contributed by atoms with Crippen molar-refractivity contribution in [3.63, 3.8) is 0 Å². The van der Waals surface area contributed by atoms with Gasteiger partial charge in [0.25, 0.3) is 0 Å². The molecule has 0 unspecified atom stereocenters. The van der Waals surface area contributed by atoms with Crippen molar-refractivity contribution in [1.29, 1.82) is 0 Å². The summed E-state index contributed by atoms with van der Waals surface area (Å²) in [7, 11) is 0.